The van der Waals surface area contributed by atoms with Crippen LogP contribution in [-0.2, 0) is 4.79 Å². The van der Waals surface area contributed by atoms with Gasteiger partial charge in [0, 0.05) is 24.1 Å². The molecule has 5 nitrogen and oxygen atoms in total. The van der Waals surface area contributed by atoms with E-state index >= 15 is 0 Å². The Labute approximate surface area is 133 Å². The van der Waals surface area contributed by atoms with Crippen molar-refractivity contribution in [2.45, 2.75) is 57.3 Å². The molecule has 0 radical (unpaired) electrons. The number of amides is 1. The van der Waals surface area contributed by atoms with Crippen LogP contribution in [0, 0.1) is 0 Å². The Hall–Kier alpha value is -1.07. The highest BCUT2D eigenvalue weighted by Gasteiger charge is 2.17. The van der Waals surface area contributed by atoms with Gasteiger partial charge < -0.3 is 10.6 Å². The lowest BCUT2D eigenvalue weighted by molar-refractivity contribution is -0.116. The second-order valence-corrected chi connectivity index (χ2v) is 5.65. The number of H-pyrrole nitrogens is 1. The van der Waals surface area contributed by atoms with Crippen LogP contribution in [0.15, 0.2) is 6.07 Å². The summed E-state index contributed by atoms with van der Waals surface area (Å²) < 4.78 is 0. The Morgan fingerprint density at radius 2 is 2.05 bits per heavy atom. The number of hydrogen-bond donors (Lipinski definition) is 3. The summed E-state index contributed by atoms with van der Waals surface area (Å²) in [5.74, 6) is 1.29. The average Bonchev–Trinajstić information content (AvgIpc) is 2.73. The Morgan fingerprint density at radius 1 is 1.33 bits per heavy atom. The van der Waals surface area contributed by atoms with Crippen LogP contribution < -0.4 is 10.6 Å². The molecule has 1 heterocycles. The molecule has 1 aliphatic rings. The zero-order chi connectivity index (χ0) is 14.2. The van der Waals surface area contributed by atoms with Gasteiger partial charge in [0.25, 0.3) is 0 Å². The molecule has 1 aromatic rings. The van der Waals surface area contributed by atoms with Crippen molar-refractivity contribution in [3.05, 3.63) is 11.8 Å². The number of hydrogen-bond acceptors (Lipinski definition) is 3. The highest BCUT2D eigenvalue weighted by Crippen LogP contribution is 2.31. The van der Waals surface area contributed by atoms with E-state index < -0.39 is 0 Å². The fourth-order valence-corrected chi connectivity index (χ4v) is 2.83. The van der Waals surface area contributed by atoms with Crippen molar-refractivity contribution < 1.29 is 4.79 Å². The monoisotopic (exact) mass is 314 g/mol. The maximum atomic E-state index is 11.7. The SMILES string of the molecule is CNCCCC(=O)Nc1cc(C2CCCCCC2)[nH]n1.Cl. The molecule has 0 aliphatic heterocycles. The molecule has 0 bridgehead atoms. The van der Waals surface area contributed by atoms with E-state index in [1.807, 2.05) is 13.1 Å². The van der Waals surface area contributed by atoms with E-state index in [0.29, 0.717) is 18.2 Å². The summed E-state index contributed by atoms with van der Waals surface area (Å²) in [4.78, 5) is 11.7. The van der Waals surface area contributed by atoms with Crippen LogP contribution in [-0.4, -0.2) is 29.7 Å². The molecule has 2 rings (SSSR count). The molecule has 6 heteroatoms. The van der Waals surface area contributed by atoms with Crippen LogP contribution >= 0.6 is 12.4 Å². The fraction of sp³-hybridized carbons (Fsp3) is 0.733. The van der Waals surface area contributed by atoms with Crippen LogP contribution in [0.1, 0.15) is 63.0 Å². The zero-order valence-electron chi connectivity index (χ0n) is 12.8. The predicted molar refractivity (Wildman–Crippen MR) is 88.1 cm³/mol. The molecule has 120 valence electrons. The van der Waals surface area contributed by atoms with Crippen LogP contribution in [0.2, 0.25) is 0 Å². The highest BCUT2D eigenvalue weighted by molar-refractivity contribution is 5.89. The van der Waals surface area contributed by atoms with Gasteiger partial charge in [-0.25, -0.2) is 0 Å². The van der Waals surface area contributed by atoms with Gasteiger partial charge in [0.2, 0.25) is 5.91 Å². The first-order chi connectivity index (χ1) is 9.79. The molecule has 0 atom stereocenters. The minimum atomic E-state index is 0. The number of rotatable bonds is 6. The maximum Gasteiger partial charge on any atom is 0.225 e. The van der Waals surface area contributed by atoms with Gasteiger partial charge >= 0.3 is 0 Å². The van der Waals surface area contributed by atoms with Crippen molar-refractivity contribution in [2.24, 2.45) is 0 Å². The average molecular weight is 315 g/mol. The maximum absolute atomic E-state index is 11.7. The van der Waals surface area contributed by atoms with E-state index in [1.165, 1.54) is 44.2 Å². The Bertz CT molecular complexity index is 414. The third-order valence-corrected chi connectivity index (χ3v) is 3.99. The Morgan fingerprint density at radius 3 is 2.71 bits per heavy atom. The third kappa shape index (κ3) is 6.06. The largest absolute Gasteiger partial charge is 0.320 e. The second-order valence-electron chi connectivity index (χ2n) is 5.65. The Balaban J connectivity index is 0.00000220. The first-order valence-electron chi connectivity index (χ1n) is 7.79. The van der Waals surface area contributed by atoms with Gasteiger partial charge in [-0.15, -0.1) is 12.4 Å². The van der Waals surface area contributed by atoms with E-state index in [1.54, 1.807) is 0 Å². The summed E-state index contributed by atoms with van der Waals surface area (Å²) in [6.07, 6.45) is 9.15. The van der Waals surface area contributed by atoms with E-state index in [0.717, 1.165) is 13.0 Å². The smallest absolute Gasteiger partial charge is 0.225 e. The number of aromatic nitrogens is 2. The molecule has 1 amide bonds. The minimum absolute atomic E-state index is 0. The van der Waals surface area contributed by atoms with Crippen molar-refractivity contribution in [1.29, 1.82) is 0 Å². The van der Waals surface area contributed by atoms with Gasteiger partial charge in [0.05, 0.1) is 0 Å². The first-order valence-corrected chi connectivity index (χ1v) is 7.79. The van der Waals surface area contributed by atoms with E-state index in [-0.39, 0.29) is 18.3 Å². The summed E-state index contributed by atoms with van der Waals surface area (Å²) in [7, 11) is 1.89. The van der Waals surface area contributed by atoms with Crippen LogP contribution in [0.4, 0.5) is 5.82 Å². The van der Waals surface area contributed by atoms with Gasteiger partial charge in [0.1, 0.15) is 0 Å². The standard InChI is InChI=1S/C15H26N4O.ClH/c1-16-10-6-9-15(20)17-14-11-13(18-19-14)12-7-4-2-3-5-8-12;/h11-12,16H,2-10H2,1H3,(H2,17,18,19,20);1H. The molecule has 0 saturated heterocycles. The number of anilines is 1. The fourth-order valence-electron chi connectivity index (χ4n) is 2.83. The van der Waals surface area contributed by atoms with Crippen LogP contribution in [0.3, 0.4) is 0 Å². The van der Waals surface area contributed by atoms with E-state index in [2.05, 4.69) is 20.8 Å². The molecule has 0 aromatic carbocycles. The second kappa shape index (κ2) is 9.79. The number of carbonyl (C=O) groups is 1. The normalized spacial score (nSPS) is 16.0. The van der Waals surface area contributed by atoms with Gasteiger partial charge in [-0.1, -0.05) is 25.7 Å². The van der Waals surface area contributed by atoms with Gasteiger partial charge in [-0.2, -0.15) is 5.10 Å². The van der Waals surface area contributed by atoms with Gasteiger partial charge in [-0.05, 0) is 32.9 Å². The molecular formula is C15H27ClN4O. The molecule has 1 aliphatic carbocycles. The van der Waals surface area contributed by atoms with Gasteiger partial charge in [0.15, 0.2) is 5.82 Å². The van der Waals surface area contributed by atoms with Crippen molar-refractivity contribution in [3.63, 3.8) is 0 Å². The molecule has 3 N–H and O–H groups in total. The van der Waals surface area contributed by atoms with E-state index in [4.69, 9.17) is 0 Å². The van der Waals surface area contributed by atoms with E-state index in [9.17, 15) is 4.79 Å². The molecule has 1 fully saturated rings. The number of nitrogens with one attached hydrogen (secondary N) is 3. The minimum Gasteiger partial charge on any atom is -0.320 e. The molecule has 1 saturated carbocycles. The molecular weight excluding hydrogens is 288 g/mol. The van der Waals surface area contributed by atoms with Crippen molar-refractivity contribution in [1.82, 2.24) is 15.5 Å². The highest BCUT2D eigenvalue weighted by atomic mass is 35.5. The third-order valence-electron chi connectivity index (χ3n) is 3.99. The number of aromatic amines is 1. The lowest BCUT2D eigenvalue weighted by atomic mass is 9.97. The topological polar surface area (TPSA) is 69.8 Å². The molecule has 1 aromatic heterocycles. The lowest BCUT2D eigenvalue weighted by Gasteiger charge is -2.10. The van der Waals surface area contributed by atoms with Crippen molar-refractivity contribution >= 4 is 24.1 Å². The van der Waals surface area contributed by atoms with Crippen LogP contribution in [0.25, 0.3) is 0 Å². The molecule has 0 spiro atoms. The lowest BCUT2D eigenvalue weighted by Crippen LogP contribution is -2.15. The number of nitrogens with zero attached hydrogens (tertiary/aromatic N) is 1. The van der Waals surface area contributed by atoms with Crippen molar-refractivity contribution in [3.8, 4) is 0 Å². The zero-order valence-corrected chi connectivity index (χ0v) is 13.6. The predicted octanol–water partition coefficient (Wildman–Crippen LogP) is 3.21. The Kier molecular flexibility index (Phi) is 8.38. The summed E-state index contributed by atoms with van der Waals surface area (Å²) in [6.45, 7) is 0.862. The summed E-state index contributed by atoms with van der Waals surface area (Å²) >= 11 is 0. The summed E-state index contributed by atoms with van der Waals surface area (Å²) in [6, 6.07) is 2.01. The molecule has 0 unspecified atom stereocenters. The van der Waals surface area contributed by atoms with Crippen LogP contribution in [0.5, 0.6) is 0 Å². The summed E-state index contributed by atoms with van der Waals surface area (Å²) in [5.41, 5.74) is 1.18. The van der Waals surface area contributed by atoms with Gasteiger partial charge in [-0.3, -0.25) is 9.89 Å². The number of carbonyl (C=O) groups excluding carboxylic acids is 1. The quantitative estimate of drug-likeness (QED) is 0.558. The first kappa shape index (κ1) is 18.0. The molecule has 21 heavy (non-hydrogen) atoms. The summed E-state index contributed by atoms with van der Waals surface area (Å²) in [5, 5.41) is 13.2. The van der Waals surface area contributed by atoms with Crippen molar-refractivity contribution in [2.75, 3.05) is 18.9 Å². The number of halogens is 1.